The van der Waals surface area contributed by atoms with Crippen LogP contribution in [0.5, 0.6) is 0 Å². The normalized spacial score (nSPS) is 12.4. The Labute approximate surface area is 161 Å². The number of anilines is 1. The van der Waals surface area contributed by atoms with Crippen molar-refractivity contribution >= 4 is 23.2 Å². The van der Waals surface area contributed by atoms with Crippen LogP contribution in [0.15, 0.2) is 84.9 Å². The number of hydrogen-bond donors (Lipinski definition) is 1. The van der Waals surface area contributed by atoms with E-state index in [4.69, 9.17) is 0 Å². The van der Waals surface area contributed by atoms with Crippen LogP contribution < -0.4 is 5.32 Å². The zero-order valence-electron chi connectivity index (χ0n) is 15.9. The summed E-state index contributed by atoms with van der Waals surface area (Å²) in [6.45, 7) is 4.39. The van der Waals surface area contributed by atoms with Gasteiger partial charge in [0, 0.05) is 11.3 Å². The molecule has 136 valence electrons. The number of carbonyl (C=O) groups excluding carboxylic acids is 1. The summed E-state index contributed by atoms with van der Waals surface area (Å²) in [5, 5.41) is 3.04. The van der Waals surface area contributed by atoms with E-state index in [0.29, 0.717) is 11.5 Å². The predicted molar refractivity (Wildman–Crippen MR) is 115 cm³/mol. The van der Waals surface area contributed by atoms with Crippen LogP contribution in [-0.2, 0) is 4.79 Å². The molecule has 0 saturated carbocycles. The Hall–Kier alpha value is -3.13. The fourth-order valence-corrected chi connectivity index (χ4v) is 2.94. The highest BCUT2D eigenvalue weighted by Crippen LogP contribution is 2.23. The zero-order chi connectivity index (χ0) is 19.1. The largest absolute Gasteiger partial charge is 0.322 e. The molecule has 1 N–H and O–H groups in total. The minimum absolute atomic E-state index is 0.110. The summed E-state index contributed by atoms with van der Waals surface area (Å²) in [6.07, 6.45) is 3.03. The quantitative estimate of drug-likeness (QED) is 0.403. The molecule has 1 unspecified atom stereocenters. The van der Waals surface area contributed by atoms with Crippen molar-refractivity contribution in [1.82, 2.24) is 0 Å². The van der Waals surface area contributed by atoms with Crippen LogP contribution in [-0.4, -0.2) is 5.91 Å². The highest BCUT2D eigenvalue weighted by atomic mass is 16.1. The van der Waals surface area contributed by atoms with Crippen molar-refractivity contribution in [3.8, 4) is 0 Å². The maximum atomic E-state index is 13.0. The first kappa shape index (κ1) is 18.7. The molecule has 0 aliphatic heterocycles. The lowest BCUT2D eigenvalue weighted by molar-refractivity contribution is -0.111. The fourth-order valence-electron chi connectivity index (χ4n) is 2.94. The lowest BCUT2D eigenvalue weighted by Crippen LogP contribution is -2.13. The molecule has 0 fully saturated rings. The summed E-state index contributed by atoms with van der Waals surface area (Å²) in [4.78, 5) is 13.0. The third-order valence-corrected chi connectivity index (χ3v) is 4.79. The first-order valence-corrected chi connectivity index (χ1v) is 9.41. The Balaban J connectivity index is 1.86. The van der Waals surface area contributed by atoms with Gasteiger partial charge in [0.25, 0.3) is 5.91 Å². The van der Waals surface area contributed by atoms with E-state index in [1.165, 1.54) is 5.56 Å². The number of amides is 1. The number of carbonyl (C=O) groups is 1. The molecular formula is C25H25NO. The molecule has 0 spiro atoms. The minimum atomic E-state index is -0.110. The average molecular weight is 355 g/mol. The standard InChI is InChI=1S/C25H25NO/c1-3-19(2)21-14-16-23(17-15-21)26-25(27)24(22-12-8-5-9-13-22)18-20-10-6-4-7-11-20/h4-19H,3H2,1-2H3,(H,26,27). The molecule has 2 nitrogen and oxygen atoms in total. The second kappa shape index (κ2) is 9.00. The van der Waals surface area contributed by atoms with Gasteiger partial charge in [0.15, 0.2) is 0 Å². The second-order valence-electron chi connectivity index (χ2n) is 6.72. The summed E-state index contributed by atoms with van der Waals surface area (Å²) in [6, 6.07) is 27.8. The summed E-state index contributed by atoms with van der Waals surface area (Å²) in [5.74, 6) is 0.411. The number of hydrogen-bond acceptors (Lipinski definition) is 1. The van der Waals surface area contributed by atoms with Crippen molar-refractivity contribution in [3.63, 3.8) is 0 Å². The summed E-state index contributed by atoms with van der Waals surface area (Å²) >= 11 is 0. The monoisotopic (exact) mass is 355 g/mol. The first-order chi connectivity index (χ1) is 13.2. The Morgan fingerprint density at radius 1 is 0.889 bits per heavy atom. The average Bonchev–Trinajstić information content (AvgIpc) is 2.73. The van der Waals surface area contributed by atoms with Crippen molar-refractivity contribution < 1.29 is 4.79 Å². The highest BCUT2D eigenvalue weighted by molar-refractivity contribution is 6.29. The number of rotatable bonds is 6. The van der Waals surface area contributed by atoms with Gasteiger partial charge in [0.05, 0.1) is 0 Å². The minimum Gasteiger partial charge on any atom is -0.322 e. The zero-order valence-corrected chi connectivity index (χ0v) is 15.9. The molecule has 3 aromatic carbocycles. The lowest BCUT2D eigenvalue weighted by atomic mass is 9.98. The van der Waals surface area contributed by atoms with Crippen LogP contribution in [0, 0.1) is 0 Å². The Kier molecular flexibility index (Phi) is 6.22. The van der Waals surface area contributed by atoms with Gasteiger partial charge in [-0.1, -0.05) is 86.6 Å². The summed E-state index contributed by atoms with van der Waals surface area (Å²) in [7, 11) is 0. The van der Waals surface area contributed by atoms with Crippen molar-refractivity contribution in [3.05, 3.63) is 102 Å². The van der Waals surface area contributed by atoms with Gasteiger partial charge in [-0.25, -0.2) is 0 Å². The smallest absolute Gasteiger partial charge is 0.256 e. The van der Waals surface area contributed by atoms with Crippen molar-refractivity contribution in [2.75, 3.05) is 5.32 Å². The molecule has 3 aromatic rings. The molecule has 0 bridgehead atoms. The number of nitrogens with one attached hydrogen (secondary N) is 1. The van der Waals surface area contributed by atoms with Gasteiger partial charge in [0.1, 0.15) is 0 Å². The van der Waals surface area contributed by atoms with Crippen LogP contribution >= 0.6 is 0 Å². The maximum Gasteiger partial charge on any atom is 0.256 e. The van der Waals surface area contributed by atoms with Crippen LogP contribution in [0.25, 0.3) is 11.6 Å². The van der Waals surface area contributed by atoms with E-state index in [9.17, 15) is 4.79 Å². The van der Waals surface area contributed by atoms with Crippen LogP contribution in [0.3, 0.4) is 0 Å². The van der Waals surface area contributed by atoms with Crippen LogP contribution in [0.4, 0.5) is 5.69 Å². The summed E-state index contributed by atoms with van der Waals surface area (Å²) in [5.41, 5.74) is 4.64. The third-order valence-electron chi connectivity index (χ3n) is 4.79. The molecule has 1 atom stereocenters. The van der Waals surface area contributed by atoms with Crippen molar-refractivity contribution in [2.24, 2.45) is 0 Å². The molecule has 27 heavy (non-hydrogen) atoms. The van der Waals surface area contributed by atoms with Crippen LogP contribution in [0.2, 0.25) is 0 Å². The highest BCUT2D eigenvalue weighted by Gasteiger charge is 2.13. The van der Waals surface area contributed by atoms with E-state index in [0.717, 1.165) is 23.2 Å². The molecule has 2 heteroatoms. The molecule has 1 amide bonds. The van der Waals surface area contributed by atoms with Crippen molar-refractivity contribution in [2.45, 2.75) is 26.2 Å². The summed E-state index contributed by atoms with van der Waals surface area (Å²) < 4.78 is 0. The van der Waals surface area contributed by atoms with Crippen molar-refractivity contribution in [1.29, 1.82) is 0 Å². The van der Waals surface area contributed by atoms with Gasteiger partial charge >= 0.3 is 0 Å². The Bertz CT molecular complexity index is 896. The Morgan fingerprint density at radius 2 is 1.48 bits per heavy atom. The van der Waals surface area contributed by atoms with E-state index in [1.54, 1.807) is 0 Å². The lowest BCUT2D eigenvalue weighted by Gasteiger charge is -2.12. The van der Waals surface area contributed by atoms with E-state index < -0.39 is 0 Å². The van der Waals surface area contributed by atoms with E-state index in [2.05, 4.69) is 31.3 Å². The topological polar surface area (TPSA) is 29.1 Å². The van der Waals surface area contributed by atoms with Gasteiger partial charge in [-0.2, -0.15) is 0 Å². The van der Waals surface area contributed by atoms with Gasteiger partial charge in [-0.15, -0.1) is 0 Å². The fraction of sp³-hybridized carbons (Fsp3) is 0.160. The molecule has 0 aliphatic carbocycles. The third kappa shape index (κ3) is 4.95. The van der Waals surface area contributed by atoms with E-state index in [-0.39, 0.29) is 5.91 Å². The molecule has 3 rings (SSSR count). The Morgan fingerprint density at radius 3 is 2.07 bits per heavy atom. The molecule has 0 aliphatic rings. The van der Waals surface area contributed by atoms with E-state index in [1.807, 2.05) is 78.9 Å². The molecule has 0 heterocycles. The second-order valence-corrected chi connectivity index (χ2v) is 6.72. The van der Waals surface area contributed by atoms with Gasteiger partial charge in [0.2, 0.25) is 0 Å². The molecular weight excluding hydrogens is 330 g/mol. The predicted octanol–water partition coefficient (Wildman–Crippen LogP) is 6.38. The van der Waals surface area contributed by atoms with E-state index >= 15 is 0 Å². The number of benzene rings is 3. The molecule has 0 radical (unpaired) electrons. The molecule has 0 saturated heterocycles. The molecule has 0 aromatic heterocycles. The first-order valence-electron chi connectivity index (χ1n) is 9.41. The maximum absolute atomic E-state index is 13.0. The van der Waals surface area contributed by atoms with Gasteiger partial charge < -0.3 is 5.32 Å². The SMILES string of the molecule is CCC(C)c1ccc(NC(=O)C(=Cc2ccccc2)c2ccccc2)cc1. The van der Waals surface area contributed by atoms with Crippen LogP contribution in [0.1, 0.15) is 42.9 Å². The van der Waals surface area contributed by atoms with Gasteiger partial charge in [-0.05, 0) is 47.2 Å². The van der Waals surface area contributed by atoms with Gasteiger partial charge in [-0.3, -0.25) is 4.79 Å².